The molecule has 1 N–H and O–H groups in total. The lowest BCUT2D eigenvalue weighted by Crippen LogP contribution is -2.42. The van der Waals surface area contributed by atoms with Crippen LogP contribution in [0.1, 0.15) is 18.1 Å². The molecule has 1 heterocycles. The maximum atomic E-state index is 13.4. The summed E-state index contributed by atoms with van der Waals surface area (Å²) >= 11 is 0. The lowest BCUT2D eigenvalue weighted by atomic mass is 9.88. The molecule has 0 unspecified atom stereocenters. The van der Waals surface area contributed by atoms with Crippen LogP contribution in [-0.2, 0) is 26.3 Å². The molecule has 1 fully saturated rings. The number of amides is 3. The van der Waals surface area contributed by atoms with Gasteiger partial charge in [-0.3, -0.25) is 9.69 Å². The fourth-order valence-corrected chi connectivity index (χ4v) is 4.44. The third-order valence-corrected chi connectivity index (χ3v) is 6.44. The first-order valence-electron chi connectivity index (χ1n) is 8.55. The zero-order valence-electron chi connectivity index (χ0n) is 15.2. The van der Waals surface area contributed by atoms with Crippen molar-refractivity contribution < 1.29 is 31.2 Å². The van der Waals surface area contributed by atoms with Crippen molar-refractivity contribution in [2.75, 3.05) is 12.3 Å². The van der Waals surface area contributed by atoms with Gasteiger partial charge in [-0.2, -0.15) is 13.2 Å². The van der Waals surface area contributed by atoms with Gasteiger partial charge in [-0.15, -0.1) is 0 Å². The molecule has 154 valence electrons. The molecule has 6 nitrogen and oxygen atoms in total. The van der Waals surface area contributed by atoms with E-state index in [9.17, 15) is 31.2 Å². The number of carbonyl (C=O) groups is 2. The van der Waals surface area contributed by atoms with E-state index in [4.69, 9.17) is 0 Å². The Morgan fingerprint density at radius 3 is 2.21 bits per heavy atom. The second-order valence-electron chi connectivity index (χ2n) is 6.69. The number of hydrogen-bond acceptors (Lipinski definition) is 4. The standard InChI is InChI=1S/C19H17F3N2O4S/c1-18(14-9-5-6-10-15(14)19(20,21)22)16(25)24(17(26)23-18)11-12-29(27,28)13-7-3-2-4-8-13/h2-10H,11-12H2,1H3,(H,23,26)/t18-/m0/s1. The van der Waals surface area contributed by atoms with Crippen LogP contribution in [0.3, 0.4) is 0 Å². The van der Waals surface area contributed by atoms with Crippen molar-refractivity contribution in [3.63, 3.8) is 0 Å². The van der Waals surface area contributed by atoms with Crippen LogP contribution in [0, 0.1) is 0 Å². The Bertz CT molecular complexity index is 1050. The topological polar surface area (TPSA) is 83.6 Å². The molecule has 0 aromatic heterocycles. The summed E-state index contributed by atoms with van der Waals surface area (Å²) in [7, 11) is -3.78. The molecule has 0 radical (unpaired) electrons. The fraction of sp³-hybridized carbons (Fsp3) is 0.263. The maximum Gasteiger partial charge on any atom is 0.416 e. The van der Waals surface area contributed by atoms with Crippen molar-refractivity contribution in [3.8, 4) is 0 Å². The van der Waals surface area contributed by atoms with Gasteiger partial charge in [0.15, 0.2) is 9.84 Å². The highest BCUT2D eigenvalue weighted by molar-refractivity contribution is 7.91. The van der Waals surface area contributed by atoms with Crippen molar-refractivity contribution in [2.24, 2.45) is 0 Å². The van der Waals surface area contributed by atoms with E-state index in [1.165, 1.54) is 43.3 Å². The highest BCUT2D eigenvalue weighted by atomic mass is 32.2. The van der Waals surface area contributed by atoms with E-state index >= 15 is 0 Å². The Labute approximate surface area is 165 Å². The molecule has 0 bridgehead atoms. The number of imide groups is 1. The Balaban J connectivity index is 1.87. The summed E-state index contributed by atoms with van der Waals surface area (Å²) in [5.41, 5.74) is -3.41. The third-order valence-electron chi connectivity index (χ3n) is 4.73. The lowest BCUT2D eigenvalue weighted by molar-refractivity contribution is -0.140. The average molecular weight is 426 g/mol. The number of nitrogens with one attached hydrogen (secondary N) is 1. The van der Waals surface area contributed by atoms with E-state index in [0.717, 1.165) is 12.1 Å². The SMILES string of the molecule is C[C@@]1(c2ccccc2C(F)(F)F)NC(=O)N(CCS(=O)(=O)c2ccccc2)C1=O. The second kappa shape index (κ2) is 7.18. The molecule has 3 rings (SSSR count). The molecular formula is C19H17F3N2O4S. The number of halogens is 3. The monoisotopic (exact) mass is 426 g/mol. The van der Waals surface area contributed by atoms with E-state index < -0.39 is 56.9 Å². The number of nitrogens with zero attached hydrogens (tertiary/aromatic N) is 1. The summed E-state index contributed by atoms with van der Waals surface area (Å²) in [6.07, 6.45) is -4.73. The highest BCUT2D eigenvalue weighted by Gasteiger charge is 2.52. The Morgan fingerprint density at radius 2 is 1.59 bits per heavy atom. The summed E-state index contributed by atoms with van der Waals surface area (Å²) in [6, 6.07) is 11.0. The van der Waals surface area contributed by atoms with E-state index in [-0.39, 0.29) is 4.90 Å². The first-order valence-corrected chi connectivity index (χ1v) is 10.2. The minimum Gasteiger partial charge on any atom is -0.319 e. The number of benzene rings is 2. The van der Waals surface area contributed by atoms with Gasteiger partial charge in [0.2, 0.25) is 0 Å². The van der Waals surface area contributed by atoms with Crippen LogP contribution in [0.25, 0.3) is 0 Å². The Kier molecular flexibility index (Phi) is 5.16. The molecule has 2 aromatic rings. The molecule has 1 aliphatic heterocycles. The van der Waals surface area contributed by atoms with Crippen molar-refractivity contribution in [1.29, 1.82) is 0 Å². The minimum absolute atomic E-state index is 0.0252. The quantitative estimate of drug-likeness (QED) is 0.746. The molecule has 0 aliphatic carbocycles. The van der Waals surface area contributed by atoms with Crippen molar-refractivity contribution in [2.45, 2.75) is 23.5 Å². The molecule has 2 aromatic carbocycles. The number of hydrogen-bond donors (Lipinski definition) is 1. The van der Waals surface area contributed by atoms with E-state index in [0.29, 0.717) is 4.90 Å². The minimum atomic E-state index is -4.73. The van der Waals surface area contributed by atoms with Crippen molar-refractivity contribution in [3.05, 3.63) is 65.7 Å². The van der Waals surface area contributed by atoms with E-state index in [2.05, 4.69) is 5.32 Å². The van der Waals surface area contributed by atoms with Crippen LogP contribution >= 0.6 is 0 Å². The third kappa shape index (κ3) is 3.84. The van der Waals surface area contributed by atoms with Crippen LogP contribution in [0.5, 0.6) is 0 Å². The van der Waals surface area contributed by atoms with Gasteiger partial charge in [0.05, 0.1) is 16.2 Å². The zero-order valence-corrected chi connectivity index (χ0v) is 16.0. The summed E-state index contributed by atoms with van der Waals surface area (Å²) in [5.74, 6) is -1.49. The Hall–Kier alpha value is -2.88. The average Bonchev–Trinajstić information content (AvgIpc) is 2.89. The molecule has 1 aliphatic rings. The molecule has 10 heteroatoms. The maximum absolute atomic E-state index is 13.4. The summed E-state index contributed by atoms with van der Waals surface area (Å²) in [4.78, 5) is 25.8. The highest BCUT2D eigenvalue weighted by Crippen LogP contribution is 2.39. The normalized spacial score (nSPS) is 20.1. The van der Waals surface area contributed by atoms with Crippen molar-refractivity contribution in [1.82, 2.24) is 10.2 Å². The van der Waals surface area contributed by atoms with Gasteiger partial charge in [0, 0.05) is 6.54 Å². The van der Waals surface area contributed by atoms with Gasteiger partial charge in [0.25, 0.3) is 5.91 Å². The predicted octanol–water partition coefficient (Wildman–Crippen LogP) is 2.95. The van der Waals surface area contributed by atoms with Gasteiger partial charge in [-0.25, -0.2) is 13.2 Å². The summed E-state index contributed by atoms with van der Waals surface area (Å²) in [6.45, 7) is 0.690. The summed E-state index contributed by atoms with van der Waals surface area (Å²) in [5, 5.41) is 2.28. The first kappa shape index (κ1) is 20.8. The first-order chi connectivity index (χ1) is 13.5. The largest absolute Gasteiger partial charge is 0.416 e. The molecule has 1 saturated heterocycles. The van der Waals surface area contributed by atoms with Crippen molar-refractivity contribution >= 4 is 21.8 Å². The van der Waals surface area contributed by atoms with E-state index in [1.807, 2.05) is 0 Å². The molecular weight excluding hydrogens is 409 g/mol. The fourth-order valence-electron chi connectivity index (χ4n) is 3.21. The van der Waals surface area contributed by atoms with Gasteiger partial charge in [-0.1, -0.05) is 36.4 Å². The van der Waals surface area contributed by atoms with Gasteiger partial charge < -0.3 is 5.32 Å². The molecule has 3 amide bonds. The number of urea groups is 1. The summed E-state index contributed by atoms with van der Waals surface area (Å²) < 4.78 is 64.9. The number of rotatable bonds is 5. The second-order valence-corrected chi connectivity index (χ2v) is 8.80. The van der Waals surface area contributed by atoms with Gasteiger partial charge in [-0.05, 0) is 30.7 Å². The van der Waals surface area contributed by atoms with Gasteiger partial charge >= 0.3 is 12.2 Å². The molecule has 0 saturated carbocycles. The number of carbonyl (C=O) groups excluding carboxylic acids is 2. The molecule has 0 spiro atoms. The van der Waals surface area contributed by atoms with Crippen LogP contribution < -0.4 is 5.32 Å². The van der Waals surface area contributed by atoms with Crippen LogP contribution in [0.4, 0.5) is 18.0 Å². The zero-order chi connectivity index (χ0) is 21.4. The number of alkyl halides is 3. The van der Waals surface area contributed by atoms with E-state index in [1.54, 1.807) is 6.07 Å². The Morgan fingerprint density at radius 1 is 1.00 bits per heavy atom. The molecule has 1 atom stereocenters. The lowest BCUT2D eigenvalue weighted by Gasteiger charge is -2.25. The van der Waals surface area contributed by atoms with Crippen LogP contribution in [-0.4, -0.2) is 37.6 Å². The number of sulfone groups is 1. The smallest absolute Gasteiger partial charge is 0.319 e. The van der Waals surface area contributed by atoms with Crippen LogP contribution in [0.15, 0.2) is 59.5 Å². The van der Waals surface area contributed by atoms with Crippen LogP contribution in [0.2, 0.25) is 0 Å². The van der Waals surface area contributed by atoms with Gasteiger partial charge in [0.1, 0.15) is 5.54 Å². The predicted molar refractivity (Wildman–Crippen MR) is 97.5 cm³/mol. The molecule has 29 heavy (non-hydrogen) atoms.